The van der Waals surface area contributed by atoms with E-state index >= 15 is 0 Å². The molecule has 15 heavy (non-hydrogen) atoms. The minimum absolute atomic E-state index is 0.464. The van der Waals surface area contributed by atoms with Crippen molar-refractivity contribution in [2.75, 3.05) is 12.3 Å². The number of aliphatic imine (C=N–C) groups is 1. The van der Waals surface area contributed by atoms with Gasteiger partial charge in [-0.15, -0.1) is 0 Å². The van der Waals surface area contributed by atoms with Gasteiger partial charge in [0.25, 0.3) is 0 Å². The first-order chi connectivity index (χ1) is 7.15. The zero-order chi connectivity index (χ0) is 11.3. The Kier molecular flexibility index (Phi) is 4.97. The Balaban J connectivity index is 2.50. The van der Waals surface area contributed by atoms with Crippen molar-refractivity contribution >= 4 is 16.9 Å². The van der Waals surface area contributed by atoms with Crippen molar-refractivity contribution in [3.8, 4) is 0 Å². The molecule has 0 aliphatic carbocycles. The Morgan fingerprint density at radius 3 is 2.47 bits per heavy atom. The van der Waals surface area contributed by atoms with Crippen LogP contribution in [0.2, 0.25) is 0 Å². The standard InChI is InChI=1S/C12H24N2S/c1-5-10(4)14-11-13-8-12(6-2,7-3)9-15-11/h10H,5-9H2,1-4H3,(H,13,14). The van der Waals surface area contributed by atoms with E-state index in [4.69, 9.17) is 0 Å². The number of nitrogens with one attached hydrogen (secondary N) is 1. The number of nitrogens with zero attached hydrogens (tertiary/aromatic N) is 1. The molecule has 1 N–H and O–H groups in total. The van der Waals surface area contributed by atoms with Gasteiger partial charge in [0, 0.05) is 18.3 Å². The molecule has 1 aliphatic rings. The van der Waals surface area contributed by atoms with Gasteiger partial charge in [-0.3, -0.25) is 4.99 Å². The topological polar surface area (TPSA) is 24.4 Å². The average molecular weight is 228 g/mol. The first-order valence-corrected chi connectivity index (χ1v) is 7.08. The lowest BCUT2D eigenvalue weighted by molar-refractivity contribution is 0.318. The van der Waals surface area contributed by atoms with Crippen molar-refractivity contribution in [1.82, 2.24) is 5.32 Å². The molecule has 0 fully saturated rings. The average Bonchev–Trinajstić information content (AvgIpc) is 2.30. The second kappa shape index (κ2) is 5.78. The fraction of sp³-hybridized carbons (Fsp3) is 0.917. The minimum atomic E-state index is 0.464. The van der Waals surface area contributed by atoms with Gasteiger partial charge in [-0.25, -0.2) is 0 Å². The Morgan fingerprint density at radius 1 is 1.40 bits per heavy atom. The van der Waals surface area contributed by atoms with Crippen LogP contribution in [0.1, 0.15) is 47.0 Å². The summed E-state index contributed by atoms with van der Waals surface area (Å²) in [6.45, 7) is 9.99. The molecule has 0 aromatic carbocycles. The van der Waals surface area contributed by atoms with E-state index in [1.54, 1.807) is 0 Å². The summed E-state index contributed by atoms with van der Waals surface area (Å²) in [7, 11) is 0. The van der Waals surface area contributed by atoms with E-state index < -0.39 is 0 Å². The molecule has 0 bridgehead atoms. The first-order valence-electron chi connectivity index (χ1n) is 6.09. The Bertz CT molecular complexity index is 222. The summed E-state index contributed by atoms with van der Waals surface area (Å²) < 4.78 is 0. The van der Waals surface area contributed by atoms with E-state index in [1.807, 2.05) is 11.8 Å². The van der Waals surface area contributed by atoms with Crippen LogP contribution in [0.5, 0.6) is 0 Å². The summed E-state index contributed by atoms with van der Waals surface area (Å²) in [5.74, 6) is 1.22. The molecule has 3 heteroatoms. The van der Waals surface area contributed by atoms with E-state index in [0.717, 1.165) is 18.1 Å². The van der Waals surface area contributed by atoms with Gasteiger partial charge in [0.05, 0.1) is 0 Å². The monoisotopic (exact) mass is 228 g/mol. The zero-order valence-electron chi connectivity index (χ0n) is 10.5. The van der Waals surface area contributed by atoms with Crippen LogP contribution in [0.15, 0.2) is 4.99 Å². The normalized spacial score (nSPS) is 22.0. The van der Waals surface area contributed by atoms with Crippen molar-refractivity contribution in [3.05, 3.63) is 0 Å². The van der Waals surface area contributed by atoms with E-state index in [0.29, 0.717) is 11.5 Å². The summed E-state index contributed by atoms with van der Waals surface area (Å²) in [5.41, 5.74) is 0.464. The summed E-state index contributed by atoms with van der Waals surface area (Å²) in [6.07, 6.45) is 3.65. The highest BCUT2D eigenvalue weighted by atomic mass is 32.2. The van der Waals surface area contributed by atoms with Gasteiger partial charge in [-0.1, -0.05) is 32.5 Å². The Hall–Kier alpha value is -0.180. The fourth-order valence-corrected chi connectivity index (χ4v) is 3.01. The molecule has 1 aliphatic heterocycles. The minimum Gasteiger partial charge on any atom is -0.362 e. The quantitative estimate of drug-likeness (QED) is 0.798. The van der Waals surface area contributed by atoms with Crippen LogP contribution in [0.4, 0.5) is 0 Å². The molecule has 2 nitrogen and oxygen atoms in total. The molecule has 1 atom stereocenters. The summed E-state index contributed by atoms with van der Waals surface area (Å²) in [6, 6.07) is 0.548. The summed E-state index contributed by atoms with van der Waals surface area (Å²) >= 11 is 1.90. The molecule has 0 spiro atoms. The highest BCUT2D eigenvalue weighted by Crippen LogP contribution is 2.34. The predicted octanol–water partition coefficient (Wildman–Crippen LogP) is 3.28. The van der Waals surface area contributed by atoms with Crippen molar-refractivity contribution in [3.63, 3.8) is 0 Å². The van der Waals surface area contributed by atoms with E-state index in [2.05, 4.69) is 38.0 Å². The van der Waals surface area contributed by atoms with E-state index in [1.165, 1.54) is 18.6 Å². The number of hydrogen-bond donors (Lipinski definition) is 1. The molecule has 0 saturated heterocycles. The van der Waals surface area contributed by atoms with Gasteiger partial charge in [-0.2, -0.15) is 0 Å². The maximum atomic E-state index is 4.68. The number of amidine groups is 1. The van der Waals surface area contributed by atoms with Crippen LogP contribution in [0.3, 0.4) is 0 Å². The third-order valence-corrected chi connectivity index (χ3v) is 4.83. The van der Waals surface area contributed by atoms with Crippen LogP contribution in [0.25, 0.3) is 0 Å². The lowest BCUT2D eigenvalue weighted by Crippen LogP contribution is -2.37. The predicted molar refractivity (Wildman–Crippen MR) is 70.7 cm³/mol. The maximum Gasteiger partial charge on any atom is 0.156 e. The SMILES string of the molecule is CCC(C)NC1=NCC(CC)(CC)CS1. The molecule has 1 unspecified atom stereocenters. The third kappa shape index (κ3) is 3.40. The molecule has 1 rings (SSSR count). The van der Waals surface area contributed by atoms with E-state index in [9.17, 15) is 0 Å². The molecule has 1 heterocycles. The lowest BCUT2D eigenvalue weighted by atomic mass is 9.84. The van der Waals surface area contributed by atoms with Crippen molar-refractivity contribution in [1.29, 1.82) is 0 Å². The number of hydrogen-bond acceptors (Lipinski definition) is 3. The van der Waals surface area contributed by atoms with Crippen molar-refractivity contribution in [2.45, 2.75) is 53.0 Å². The Labute approximate surface area is 98.3 Å². The molecule has 0 aromatic heterocycles. The van der Waals surface area contributed by atoms with Crippen LogP contribution in [-0.2, 0) is 0 Å². The second-order valence-electron chi connectivity index (χ2n) is 4.57. The molecule has 0 radical (unpaired) electrons. The van der Waals surface area contributed by atoms with Gasteiger partial charge in [0.2, 0.25) is 0 Å². The van der Waals surface area contributed by atoms with Crippen LogP contribution in [-0.4, -0.2) is 23.5 Å². The van der Waals surface area contributed by atoms with Gasteiger partial charge < -0.3 is 5.32 Å². The molecule has 88 valence electrons. The zero-order valence-corrected chi connectivity index (χ0v) is 11.3. The van der Waals surface area contributed by atoms with Gasteiger partial charge in [0.1, 0.15) is 0 Å². The van der Waals surface area contributed by atoms with Gasteiger partial charge in [0.15, 0.2) is 5.17 Å². The fourth-order valence-electron chi connectivity index (χ4n) is 1.63. The molecule has 0 saturated carbocycles. The second-order valence-corrected chi connectivity index (χ2v) is 5.53. The van der Waals surface area contributed by atoms with E-state index in [-0.39, 0.29) is 0 Å². The lowest BCUT2D eigenvalue weighted by Gasteiger charge is -2.34. The summed E-state index contributed by atoms with van der Waals surface area (Å²) in [5, 5.41) is 4.62. The number of thioether (sulfide) groups is 1. The van der Waals surface area contributed by atoms with Crippen LogP contribution >= 0.6 is 11.8 Å². The maximum absolute atomic E-state index is 4.68. The van der Waals surface area contributed by atoms with Crippen molar-refractivity contribution < 1.29 is 0 Å². The molecular weight excluding hydrogens is 204 g/mol. The third-order valence-electron chi connectivity index (χ3n) is 3.56. The highest BCUT2D eigenvalue weighted by Gasteiger charge is 2.30. The summed E-state index contributed by atoms with van der Waals surface area (Å²) in [4.78, 5) is 4.68. The Morgan fingerprint density at radius 2 is 2.07 bits per heavy atom. The van der Waals surface area contributed by atoms with Gasteiger partial charge in [-0.05, 0) is 31.6 Å². The van der Waals surface area contributed by atoms with Gasteiger partial charge >= 0.3 is 0 Å². The molecule has 0 amide bonds. The number of rotatable bonds is 4. The van der Waals surface area contributed by atoms with Crippen LogP contribution < -0.4 is 5.32 Å². The smallest absolute Gasteiger partial charge is 0.156 e. The largest absolute Gasteiger partial charge is 0.362 e. The van der Waals surface area contributed by atoms with Crippen LogP contribution in [0, 0.1) is 5.41 Å². The highest BCUT2D eigenvalue weighted by molar-refractivity contribution is 8.13. The van der Waals surface area contributed by atoms with Crippen molar-refractivity contribution in [2.24, 2.45) is 10.4 Å². The first kappa shape index (κ1) is 12.9. The molecule has 0 aromatic rings. The molecular formula is C12H24N2S.